The van der Waals surface area contributed by atoms with Gasteiger partial charge in [-0.25, -0.2) is 0 Å². The molecule has 3 nitrogen and oxygen atoms in total. The lowest BCUT2D eigenvalue weighted by Crippen LogP contribution is -2.31. The lowest BCUT2D eigenvalue weighted by atomic mass is 9.90. The molecule has 1 amide bonds. The number of aromatic hydroxyl groups is 1. The largest absolute Gasteiger partial charge is 0.507 e. The fourth-order valence-electron chi connectivity index (χ4n) is 1.73. The van der Waals surface area contributed by atoms with Crippen molar-refractivity contribution in [1.29, 1.82) is 0 Å². The highest BCUT2D eigenvalue weighted by atomic mass is 35.5. The summed E-state index contributed by atoms with van der Waals surface area (Å²) in [6.45, 7) is 6.62. The zero-order valence-corrected chi connectivity index (χ0v) is 12.8. The Kier molecular flexibility index (Phi) is 5.50. The minimum atomic E-state index is -0.375. The van der Waals surface area contributed by atoms with E-state index >= 15 is 0 Å². The van der Waals surface area contributed by atoms with Crippen molar-refractivity contribution in [2.75, 3.05) is 6.54 Å². The van der Waals surface area contributed by atoms with Gasteiger partial charge in [-0.3, -0.25) is 4.79 Å². The third kappa shape index (κ3) is 5.70. The average Bonchev–Trinajstić information content (AvgIpc) is 2.27. The van der Waals surface area contributed by atoms with Crippen LogP contribution in [0.15, 0.2) is 18.2 Å². The molecule has 0 aromatic heterocycles. The van der Waals surface area contributed by atoms with E-state index in [1.54, 1.807) is 0 Å². The fraction of sp³-hybridized carbons (Fsp3) is 0.500. The summed E-state index contributed by atoms with van der Waals surface area (Å²) < 4.78 is 0. The van der Waals surface area contributed by atoms with Crippen molar-refractivity contribution in [3.63, 3.8) is 0 Å². The van der Waals surface area contributed by atoms with E-state index in [9.17, 15) is 9.90 Å². The molecule has 1 unspecified atom stereocenters. The number of alkyl halides is 1. The van der Waals surface area contributed by atoms with Gasteiger partial charge in [0.25, 0.3) is 5.91 Å². The smallest absolute Gasteiger partial charge is 0.255 e. The molecule has 0 saturated heterocycles. The maximum Gasteiger partial charge on any atom is 0.255 e. The SMILES string of the molecule is CC(C)(C)CC(Cl)CNC(=O)c1cc(Cl)ccc1O. The van der Waals surface area contributed by atoms with E-state index in [1.807, 2.05) is 0 Å². The summed E-state index contributed by atoms with van der Waals surface area (Å²) in [4.78, 5) is 11.9. The van der Waals surface area contributed by atoms with Crippen LogP contribution in [0.1, 0.15) is 37.6 Å². The van der Waals surface area contributed by atoms with E-state index in [-0.39, 0.29) is 28.0 Å². The second kappa shape index (κ2) is 6.49. The number of nitrogens with one attached hydrogen (secondary N) is 1. The zero-order chi connectivity index (χ0) is 14.6. The number of hydrogen-bond donors (Lipinski definition) is 2. The number of carbonyl (C=O) groups excluding carboxylic acids is 1. The van der Waals surface area contributed by atoms with Gasteiger partial charge in [-0.15, -0.1) is 11.6 Å². The van der Waals surface area contributed by atoms with Crippen LogP contribution in [-0.2, 0) is 0 Å². The molecule has 1 aromatic carbocycles. The monoisotopic (exact) mass is 303 g/mol. The first-order chi connectivity index (χ1) is 8.69. The Bertz CT molecular complexity index is 455. The Hall–Kier alpha value is -0.930. The highest BCUT2D eigenvalue weighted by Crippen LogP contribution is 2.24. The number of phenolic OH excluding ortho intramolecular Hbond substituents is 1. The Morgan fingerprint density at radius 1 is 1.42 bits per heavy atom. The predicted molar refractivity (Wildman–Crippen MR) is 79.2 cm³/mol. The van der Waals surface area contributed by atoms with Crippen molar-refractivity contribution in [2.24, 2.45) is 5.41 Å². The van der Waals surface area contributed by atoms with Gasteiger partial charge in [-0.05, 0) is 30.0 Å². The van der Waals surface area contributed by atoms with Crippen molar-refractivity contribution in [3.8, 4) is 5.75 Å². The summed E-state index contributed by atoms with van der Waals surface area (Å²) in [7, 11) is 0. The molecule has 0 fully saturated rings. The van der Waals surface area contributed by atoms with E-state index in [0.29, 0.717) is 11.6 Å². The number of hydrogen-bond acceptors (Lipinski definition) is 2. The molecule has 0 heterocycles. The average molecular weight is 304 g/mol. The molecule has 5 heteroatoms. The molecule has 0 saturated carbocycles. The first kappa shape index (κ1) is 16.1. The van der Waals surface area contributed by atoms with Crippen molar-refractivity contribution in [3.05, 3.63) is 28.8 Å². The van der Waals surface area contributed by atoms with Gasteiger partial charge in [0.05, 0.1) is 10.9 Å². The van der Waals surface area contributed by atoms with E-state index in [2.05, 4.69) is 26.1 Å². The molecule has 2 N–H and O–H groups in total. The van der Waals surface area contributed by atoms with Crippen LogP contribution in [0.3, 0.4) is 0 Å². The third-order valence-electron chi connectivity index (χ3n) is 2.52. The van der Waals surface area contributed by atoms with Crippen molar-refractivity contribution in [2.45, 2.75) is 32.6 Å². The van der Waals surface area contributed by atoms with Gasteiger partial charge in [-0.1, -0.05) is 32.4 Å². The van der Waals surface area contributed by atoms with Crippen LogP contribution in [0.5, 0.6) is 5.75 Å². The van der Waals surface area contributed by atoms with Crippen molar-refractivity contribution < 1.29 is 9.90 Å². The number of carbonyl (C=O) groups is 1. The minimum absolute atomic E-state index is 0.0937. The Balaban J connectivity index is 2.58. The van der Waals surface area contributed by atoms with Gasteiger partial charge in [0.15, 0.2) is 0 Å². The number of rotatable bonds is 4. The highest BCUT2D eigenvalue weighted by Gasteiger charge is 2.18. The fourth-order valence-corrected chi connectivity index (χ4v) is 2.44. The van der Waals surface area contributed by atoms with Gasteiger partial charge in [0, 0.05) is 11.6 Å². The number of benzene rings is 1. The van der Waals surface area contributed by atoms with Gasteiger partial charge >= 0.3 is 0 Å². The summed E-state index contributed by atoms with van der Waals surface area (Å²) >= 11 is 12.0. The zero-order valence-electron chi connectivity index (χ0n) is 11.3. The number of phenols is 1. The lowest BCUT2D eigenvalue weighted by molar-refractivity contribution is 0.0949. The normalized spacial score (nSPS) is 13.1. The number of halogens is 2. The molecule has 1 atom stereocenters. The van der Waals surface area contributed by atoms with Crippen molar-refractivity contribution in [1.82, 2.24) is 5.32 Å². The molecule has 0 aliphatic heterocycles. The van der Waals surface area contributed by atoms with E-state index in [1.165, 1.54) is 18.2 Å². The standard InChI is InChI=1S/C14H19Cl2NO2/c1-14(2,3)7-10(16)8-17-13(19)11-6-9(15)4-5-12(11)18/h4-6,10,18H,7-8H2,1-3H3,(H,17,19). The minimum Gasteiger partial charge on any atom is -0.507 e. The van der Waals surface area contributed by atoms with Crippen LogP contribution >= 0.6 is 23.2 Å². The summed E-state index contributed by atoms with van der Waals surface area (Å²) in [5, 5.41) is 12.6. The Morgan fingerprint density at radius 3 is 2.63 bits per heavy atom. The summed E-state index contributed by atoms with van der Waals surface area (Å²) in [6, 6.07) is 4.35. The predicted octanol–water partition coefficient (Wildman–Crippen LogP) is 3.82. The first-order valence-electron chi connectivity index (χ1n) is 6.10. The maximum absolute atomic E-state index is 11.9. The Morgan fingerprint density at radius 2 is 2.05 bits per heavy atom. The van der Waals surface area contributed by atoms with Crippen LogP contribution in [0.4, 0.5) is 0 Å². The lowest BCUT2D eigenvalue weighted by Gasteiger charge is -2.22. The molecule has 0 radical (unpaired) electrons. The second-order valence-electron chi connectivity index (χ2n) is 5.73. The molecule has 0 bridgehead atoms. The summed E-state index contributed by atoms with van der Waals surface area (Å²) in [6.07, 6.45) is 0.788. The molecule has 0 spiro atoms. The summed E-state index contributed by atoms with van der Waals surface area (Å²) in [5.41, 5.74) is 0.266. The molecule has 1 rings (SSSR count). The van der Waals surface area contributed by atoms with Gasteiger partial charge in [0.1, 0.15) is 5.75 Å². The molecule has 0 aliphatic rings. The quantitative estimate of drug-likeness (QED) is 0.831. The van der Waals surface area contributed by atoms with E-state index in [0.717, 1.165) is 6.42 Å². The van der Waals surface area contributed by atoms with Crippen LogP contribution < -0.4 is 5.32 Å². The second-order valence-corrected chi connectivity index (χ2v) is 6.79. The number of amides is 1. The maximum atomic E-state index is 11.9. The van der Waals surface area contributed by atoms with Gasteiger partial charge < -0.3 is 10.4 Å². The van der Waals surface area contributed by atoms with Crippen molar-refractivity contribution >= 4 is 29.1 Å². The van der Waals surface area contributed by atoms with E-state index < -0.39 is 0 Å². The molecular formula is C14H19Cl2NO2. The molecule has 106 valence electrons. The van der Waals surface area contributed by atoms with Gasteiger partial charge in [-0.2, -0.15) is 0 Å². The Labute approximate surface area is 123 Å². The third-order valence-corrected chi connectivity index (χ3v) is 3.06. The van der Waals surface area contributed by atoms with Crippen LogP contribution in [0.2, 0.25) is 5.02 Å². The molecule has 0 aliphatic carbocycles. The molecular weight excluding hydrogens is 285 g/mol. The molecule has 19 heavy (non-hydrogen) atoms. The highest BCUT2D eigenvalue weighted by molar-refractivity contribution is 6.31. The first-order valence-corrected chi connectivity index (χ1v) is 6.91. The van der Waals surface area contributed by atoms with Gasteiger partial charge in [0.2, 0.25) is 0 Å². The van der Waals surface area contributed by atoms with Crippen LogP contribution in [0, 0.1) is 5.41 Å². The summed E-state index contributed by atoms with van der Waals surface area (Å²) in [5.74, 6) is -0.469. The molecule has 1 aromatic rings. The van der Waals surface area contributed by atoms with Crippen LogP contribution in [-0.4, -0.2) is 22.9 Å². The van der Waals surface area contributed by atoms with Crippen LogP contribution in [0.25, 0.3) is 0 Å². The van der Waals surface area contributed by atoms with E-state index in [4.69, 9.17) is 23.2 Å². The topological polar surface area (TPSA) is 49.3 Å².